The number of fused-ring (bicyclic) bond motifs is 2. The van der Waals surface area contributed by atoms with Gasteiger partial charge in [0, 0.05) is 17.9 Å². The van der Waals surface area contributed by atoms with E-state index in [1.165, 1.54) is 5.56 Å². The number of anilines is 2. The van der Waals surface area contributed by atoms with E-state index in [1.807, 2.05) is 41.3 Å². The smallest absolute Gasteiger partial charge is 0.260 e. The van der Waals surface area contributed by atoms with Crippen molar-refractivity contribution in [2.75, 3.05) is 23.8 Å². The van der Waals surface area contributed by atoms with Gasteiger partial charge in [-0.05, 0) is 48.1 Å². The maximum atomic E-state index is 13.2. The number of carbonyl (C=O) groups is 1. The Balaban J connectivity index is 0.00000169. The molecule has 2 aliphatic rings. The maximum absolute atomic E-state index is 13.2. The summed E-state index contributed by atoms with van der Waals surface area (Å²) >= 11 is 0. The molecule has 2 aromatic rings. The quantitative estimate of drug-likeness (QED) is 0.808. The Labute approximate surface area is 148 Å². The maximum Gasteiger partial charge on any atom is 0.260 e. The summed E-state index contributed by atoms with van der Waals surface area (Å²) in [6.45, 7) is 1.31. The third kappa shape index (κ3) is 2.76. The van der Waals surface area contributed by atoms with Crippen LogP contribution in [0, 0.1) is 0 Å². The molecule has 1 atom stereocenters. The van der Waals surface area contributed by atoms with Gasteiger partial charge in [0.25, 0.3) is 5.91 Å². The van der Waals surface area contributed by atoms with E-state index in [4.69, 9.17) is 10.5 Å². The molecule has 0 aromatic heterocycles. The first-order valence-electron chi connectivity index (χ1n) is 8.14. The first-order valence-corrected chi connectivity index (χ1v) is 8.14. The zero-order valence-corrected chi connectivity index (χ0v) is 14.2. The van der Waals surface area contributed by atoms with Gasteiger partial charge >= 0.3 is 0 Å². The van der Waals surface area contributed by atoms with Crippen molar-refractivity contribution >= 4 is 29.7 Å². The fraction of sp³-hybridized carbons (Fsp3) is 0.316. The third-order valence-electron chi connectivity index (χ3n) is 4.77. The van der Waals surface area contributed by atoms with E-state index in [2.05, 4.69) is 6.07 Å². The number of benzene rings is 2. The van der Waals surface area contributed by atoms with Crippen LogP contribution in [0.1, 0.15) is 29.2 Å². The molecular weight excluding hydrogens is 324 g/mol. The number of amides is 1. The highest BCUT2D eigenvalue weighted by atomic mass is 35.5. The SMILES string of the molecule is Cl.Nc1cccc2c1CCCN2C(=O)C1OCCc2ccccc21. The normalized spacial score (nSPS) is 19.0. The van der Waals surface area contributed by atoms with Crippen molar-refractivity contribution in [2.24, 2.45) is 0 Å². The fourth-order valence-electron chi connectivity index (χ4n) is 3.62. The average Bonchev–Trinajstić information content (AvgIpc) is 2.60. The van der Waals surface area contributed by atoms with Crippen LogP contribution in [0.3, 0.4) is 0 Å². The van der Waals surface area contributed by atoms with Crippen molar-refractivity contribution in [3.63, 3.8) is 0 Å². The number of nitrogen functional groups attached to an aromatic ring is 1. The molecule has 0 aliphatic carbocycles. The number of hydrogen-bond acceptors (Lipinski definition) is 3. The van der Waals surface area contributed by atoms with Crippen molar-refractivity contribution in [1.29, 1.82) is 0 Å². The van der Waals surface area contributed by atoms with Gasteiger partial charge in [0.05, 0.1) is 6.61 Å². The molecule has 126 valence electrons. The summed E-state index contributed by atoms with van der Waals surface area (Å²) in [5.41, 5.74) is 11.1. The Bertz CT molecular complexity index is 763. The lowest BCUT2D eigenvalue weighted by atomic mass is 9.95. The van der Waals surface area contributed by atoms with Gasteiger partial charge in [0.15, 0.2) is 6.10 Å². The Morgan fingerprint density at radius 3 is 2.83 bits per heavy atom. The van der Waals surface area contributed by atoms with Gasteiger partial charge in [-0.3, -0.25) is 4.79 Å². The molecule has 0 saturated carbocycles. The third-order valence-corrected chi connectivity index (χ3v) is 4.77. The van der Waals surface area contributed by atoms with Gasteiger partial charge in [-0.25, -0.2) is 0 Å². The lowest BCUT2D eigenvalue weighted by Crippen LogP contribution is -2.41. The standard InChI is InChI=1S/C19H20N2O2.ClH/c20-16-8-3-9-17-15(16)7-4-11-21(17)19(22)18-14-6-2-1-5-13(14)10-12-23-18;/h1-3,5-6,8-9,18H,4,7,10-12,20H2;1H. The van der Waals surface area contributed by atoms with Crippen LogP contribution in [-0.4, -0.2) is 19.1 Å². The van der Waals surface area contributed by atoms with E-state index in [0.717, 1.165) is 48.3 Å². The number of halogens is 1. The predicted octanol–water partition coefficient (Wildman–Crippen LogP) is 3.28. The highest BCUT2D eigenvalue weighted by Crippen LogP contribution is 2.35. The molecular formula is C19H21ClN2O2. The fourth-order valence-corrected chi connectivity index (χ4v) is 3.62. The molecule has 4 nitrogen and oxygen atoms in total. The van der Waals surface area contributed by atoms with Crippen LogP contribution in [-0.2, 0) is 22.4 Å². The van der Waals surface area contributed by atoms with Crippen molar-refractivity contribution in [3.05, 3.63) is 59.2 Å². The first-order chi connectivity index (χ1) is 11.3. The van der Waals surface area contributed by atoms with Gasteiger partial charge in [-0.15, -0.1) is 12.4 Å². The summed E-state index contributed by atoms with van der Waals surface area (Å²) in [6.07, 6.45) is 2.21. The Hall–Kier alpha value is -2.04. The minimum atomic E-state index is -0.507. The van der Waals surface area contributed by atoms with Gasteiger partial charge in [0.2, 0.25) is 0 Å². The summed E-state index contributed by atoms with van der Waals surface area (Å²) in [7, 11) is 0. The lowest BCUT2D eigenvalue weighted by Gasteiger charge is -2.34. The molecule has 2 N–H and O–H groups in total. The molecule has 0 saturated heterocycles. The molecule has 5 heteroatoms. The number of nitrogens with zero attached hydrogens (tertiary/aromatic N) is 1. The summed E-state index contributed by atoms with van der Waals surface area (Å²) < 4.78 is 5.84. The predicted molar refractivity (Wildman–Crippen MR) is 97.6 cm³/mol. The summed E-state index contributed by atoms with van der Waals surface area (Å²) in [6, 6.07) is 13.9. The van der Waals surface area contributed by atoms with Crippen LogP contribution < -0.4 is 10.6 Å². The van der Waals surface area contributed by atoms with Gasteiger partial charge in [0.1, 0.15) is 0 Å². The van der Waals surface area contributed by atoms with Crippen LogP contribution in [0.5, 0.6) is 0 Å². The second-order valence-electron chi connectivity index (χ2n) is 6.14. The Kier molecular flexibility index (Phi) is 4.78. The highest BCUT2D eigenvalue weighted by molar-refractivity contribution is 5.99. The van der Waals surface area contributed by atoms with Gasteiger partial charge < -0.3 is 15.4 Å². The van der Waals surface area contributed by atoms with Crippen LogP contribution >= 0.6 is 12.4 Å². The minimum Gasteiger partial charge on any atom is -0.398 e. The molecule has 0 spiro atoms. The average molecular weight is 345 g/mol. The van der Waals surface area contributed by atoms with E-state index in [0.29, 0.717) is 6.61 Å². The highest BCUT2D eigenvalue weighted by Gasteiger charge is 2.33. The van der Waals surface area contributed by atoms with Crippen LogP contribution in [0.2, 0.25) is 0 Å². The van der Waals surface area contributed by atoms with E-state index < -0.39 is 6.10 Å². The first kappa shape index (κ1) is 16.8. The van der Waals surface area contributed by atoms with Crippen molar-refractivity contribution in [2.45, 2.75) is 25.4 Å². The van der Waals surface area contributed by atoms with E-state index in [-0.39, 0.29) is 18.3 Å². The number of ether oxygens (including phenoxy) is 1. The number of rotatable bonds is 1. The van der Waals surface area contributed by atoms with Crippen molar-refractivity contribution < 1.29 is 9.53 Å². The zero-order chi connectivity index (χ0) is 15.8. The molecule has 0 fully saturated rings. The molecule has 0 radical (unpaired) electrons. The van der Waals surface area contributed by atoms with Gasteiger partial charge in [-0.1, -0.05) is 30.3 Å². The molecule has 2 aromatic carbocycles. The summed E-state index contributed by atoms with van der Waals surface area (Å²) in [4.78, 5) is 15.0. The summed E-state index contributed by atoms with van der Waals surface area (Å²) in [5, 5.41) is 0. The van der Waals surface area contributed by atoms with Crippen LogP contribution in [0.15, 0.2) is 42.5 Å². The van der Waals surface area contributed by atoms with Crippen LogP contribution in [0.4, 0.5) is 11.4 Å². The monoisotopic (exact) mass is 344 g/mol. The molecule has 2 aliphatic heterocycles. The second-order valence-corrected chi connectivity index (χ2v) is 6.14. The van der Waals surface area contributed by atoms with Crippen molar-refractivity contribution in [3.8, 4) is 0 Å². The van der Waals surface area contributed by atoms with Crippen molar-refractivity contribution in [1.82, 2.24) is 0 Å². The molecule has 2 heterocycles. The Morgan fingerprint density at radius 1 is 1.12 bits per heavy atom. The lowest BCUT2D eigenvalue weighted by molar-refractivity contribution is -0.131. The topological polar surface area (TPSA) is 55.6 Å². The zero-order valence-electron chi connectivity index (χ0n) is 13.4. The van der Waals surface area contributed by atoms with Gasteiger partial charge in [-0.2, -0.15) is 0 Å². The largest absolute Gasteiger partial charge is 0.398 e. The second kappa shape index (κ2) is 6.83. The molecule has 24 heavy (non-hydrogen) atoms. The van der Waals surface area contributed by atoms with E-state index in [1.54, 1.807) is 0 Å². The number of carbonyl (C=O) groups excluding carboxylic acids is 1. The molecule has 4 rings (SSSR count). The minimum absolute atomic E-state index is 0. The summed E-state index contributed by atoms with van der Waals surface area (Å²) in [5.74, 6) is 0.0173. The molecule has 1 unspecified atom stereocenters. The molecule has 1 amide bonds. The Morgan fingerprint density at radius 2 is 1.96 bits per heavy atom. The number of hydrogen-bond donors (Lipinski definition) is 1. The number of nitrogens with two attached hydrogens (primary N) is 1. The van der Waals surface area contributed by atoms with Crippen LogP contribution in [0.25, 0.3) is 0 Å². The molecule has 0 bridgehead atoms. The van der Waals surface area contributed by atoms with E-state index >= 15 is 0 Å². The van der Waals surface area contributed by atoms with E-state index in [9.17, 15) is 4.79 Å².